The number of benzene rings is 1. The lowest BCUT2D eigenvalue weighted by Crippen LogP contribution is -2.61. The zero-order chi connectivity index (χ0) is 23.2. The molecule has 0 heterocycles. The van der Waals surface area contributed by atoms with Gasteiger partial charge >= 0.3 is 12.1 Å². The fraction of sp³-hybridized carbons (Fsp3) is 0.524. The molecule has 0 radical (unpaired) electrons. The summed E-state index contributed by atoms with van der Waals surface area (Å²) in [6.07, 6.45) is 1.19. The summed E-state index contributed by atoms with van der Waals surface area (Å²) in [6.45, 7) is 7.78. The number of esters is 1. The van der Waals surface area contributed by atoms with E-state index >= 15 is 0 Å². The van der Waals surface area contributed by atoms with Crippen molar-refractivity contribution in [2.75, 3.05) is 20.3 Å². The average molecular weight is 442 g/mol. The molecule has 1 amide bonds. The van der Waals surface area contributed by atoms with Crippen LogP contribution in [0.1, 0.15) is 39.7 Å². The molecular weight excluding hydrogens is 410 g/mol. The lowest BCUT2D eigenvalue weighted by molar-refractivity contribution is -0.151. The van der Waals surface area contributed by atoms with Gasteiger partial charge in [0.25, 0.3) is 4.87 Å². The first-order chi connectivity index (χ1) is 13.8. The van der Waals surface area contributed by atoms with E-state index in [9.17, 15) is 18.0 Å². The molecule has 0 spiro atoms. The van der Waals surface area contributed by atoms with E-state index in [2.05, 4.69) is 0 Å². The van der Waals surface area contributed by atoms with Crippen LogP contribution in [-0.4, -0.2) is 61.2 Å². The van der Waals surface area contributed by atoms with Crippen LogP contribution in [0.15, 0.2) is 41.3 Å². The number of carbonyl (C=O) groups excluding carboxylic acids is 2. The Hall–Kier alpha value is -2.39. The standard InChI is InChI=1S/C21H31NO7S/c1-7-28-18(24)21(14-8-9-15-23,22(6)19(25)29-20(3,4)5)30(26,27)17-12-10-16(2)11-13-17/h8-13,23H,7,14-15H2,1-6H3/b9-8+. The number of ether oxygens (including phenoxy) is 2. The third-order valence-electron chi connectivity index (χ3n) is 4.25. The smallest absolute Gasteiger partial charge is 0.411 e. The monoisotopic (exact) mass is 441 g/mol. The number of nitrogens with zero attached hydrogens (tertiary/aromatic N) is 1. The van der Waals surface area contributed by atoms with Crippen molar-refractivity contribution in [1.82, 2.24) is 4.90 Å². The number of sulfone groups is 1. The van der Waals surface area contributed by atoms with Gasteiger partial charge in [-0.1, -0.05) is 29.8 Å². The Bertz CT molecular complexity index is 870. The minimum Gasteiger partial charge on any atom is -0.463 e. The molecule has 1 aromatic rings. The van der Waals surface area contributed by atoms with E-state index in [1.807, 2.05) is 0 Å². The molecule has 1 atom stereocenters. The lowest BCUT2D eigenvalue weighted by atomic mass is 10.1. The highest BCUT2D eigenvalue weighted by atomic mass is 32.2. The molecule has 8 nitrogen and oxygen atoms in total. The Kier molecular flexibility index (Phi) is 8.62. The first kappa shape index (κ1) is 25.6. The molecule has 1 unspecified atom stereocenters. The fourth-order valence-electron chi connectivity index (χ4n) is 2.71. The van der Waals surface area contributed by atoms with Crippen LogP contribution in [0.25, 0.3) is 0 Å². The summed E-state index contributed by atoms with van der Waals surface area (Å²) in [4.78, 5) is 24.1. The number of aliphatic hydroxyl groups excluding tert-OH is 1. The second kappa shape index (κ2) is 10.1. The van der Waals surface area contributed by atoms with Gasteiger partial charge in [0.15, 0.2) is 0 Å². The number of aliphatic hydroxyl groups is 1. The van der Waals surface area contributed by atoms with E-state index in [1.165, 1.54) is 38.3 Å². The minimum absolute atomic E-state index is 0.0874. The summed E-state index contributed by atoms with van der Waals surface area (Å²) in [5.41, 5.74) is -0.0864. The van der Waals surface area contributed by atoms with Crippen LogP contribution < -0.4 is 0 Å². The molecule has 0 aliphatic carbocycles. The van der Waals surface area contributed by atoms with Gasteiger partial charge in [0.05, 0.1) is 18.1 Å². The highest BCUT2D eigenvalue weighted by Crippen LogP contribution is 2.35. The van der Waals surface area contributed by atoms with Crippen molar-refractivity contribution >= 4 is 21.9 Å². The maximum absolute atomic E-state index is 13.7. The molecule has 0 aliphatic heterocycles. The molecule has 0 bridgehead atoms. The molecule has 0 aromatic heterocycles. The first-order valence-corrected chi connectivity index (χ1v) is 11.0. The molecule has 1 N–H and O–H groups in total. The van der Waals surface area contributed by atoms with Gasteiger partial charge in [0.1, 0.15) is 5.60 Å². The summed E-state index contributed by atoms with van der Waals surface area (Å²) in [6, 6.07) is 5.94. The number of rotatable bonds is 8. The average Bonchev–Trinajstić information content (AvgIpc) is 2.63. The van der Waals surface area contributed by atoms with Crippen LogP contribution >= 0.6 is 0 Å². The first-order valence-electron chi connectivity index (χ1n) is 9.54. The Morgan fingerprint density at radius 1 is 1.13 bits per heavy atom. The lowest BCUT2D eigenvalue weighted by Gasteiger charge is -2.38. The quantitative estimate of drug-likeness (QED) is 0.488. The SMILES string of the molecule is CCOC(=O)C(C/C=C/CO)(N(C)C(=O)OC(C)(C)C)S(=O)(=O)c1ccc(C)cc1. The largest absolute Gasteiger partial charge is 0.463 e. The predicted molar refractivity (Wildman–Crippen MR) is 113 cm³/mol. The number of hydrogen-bond acceptors (Lipinski definition) is 7. The number of likely N-dealkylation sites (N-methyl/N-ethyl adjacent to an activating group) is 1. The predicted octanol–water partition coefficient (Wildman–Crippen LogP) is 2.83. The molecular formula is C21H31NO7S. The van der Waals surface area contributed by atoms with E-state index < -0.39 is 38.8 Å². The zero-order valence-corrected chi connectivity index (χ0v) is 19.2. The van der Waals surface area contributed by atoms with E-state index in [4.69, 9.17) is 14.6 Å². The van der Waals surface area contributed by atoms with Crippen molar-refractivity contribution in [3.63, 3.8) is 0 Å². The third-order valence-corrected chi connectivity index (χ3v) is 6.64. The third kappa shape index (κ3) is 5.60. The van der Waals surface area contributed by atoms with Crippen LogP contribution in [0.5, 0.6) is 0 Å². The maximum atomic E-state index is 13.7. The van der Waals surface area contributed by atoms with Crippen LogP contribution in [0, 0.1) is 6.92 Å². The summed E-state index contributed by atoms with van der Waals surface area (Å²) in [7, 11) is -3.28. The Morgan fingerprint density at radius 3 is 2.17 bits per heavy atom. The van der Waals surface area contributed by atoms with Crippen molar-refractivity contribution in [2.24, 2.45) is 0 Å². The van der Waals surface area contributed by atoms with Crippen LogP contribution in [0.4, 0.5) is 4.79 Å². The van der Waals surface area contributed by atoms with Crippen molar-refractivity contribution < 1.29 is 32.6 Å². The second-order valence-corrected chi connectivity index (χ2v) is 9.87. The normalized spacial score (nSPS) is 14.2. The topological polar surface area (TPSA) is 110 Å². The van der Waals surface area contributed by atoms with E-state index in [0.29, 0.717) is 0 Å². The van der Waals surface area contributed by atoms with Gasteiger partial charge in [0.2, 0.25) is 9.84 Å². The molecule has 30 heavy (non-hydrogen) atoms. The van der Waals surface area contributed by atoms with E-state index in [1.54, 1.807) is 39.8 Å². The summed E-state index contributed by atoms with van der Waals surface area (Å²) >= 11 is 0. The highest BCUT2D eigenvalue weighted by molar-refractivity contribution is 7.93. The van der Waals surface area contributed by atoms with Gasteiger partial charge in [-0.05, 0) is 46.8 Å². The van der Waals surface area contributed by atoms with Crippen molar-refractivity contribution in [1.29, 1.82) is 0 Å². The highest BCUT2D eigenvalue weighted by Gasteiger charge is 2.58. The van der Waals surface area contributed by atoms with Gasteiger partial charge in [-0.15, -0.1) is 0 Å². The number of hydrogen-bond donors (Lipinski definition) is 1. The second-order valence-electron chi connectivity index (χ2n) is 7.72. The van der Waals surface area contributed by atoms with Gasteiger partial charge in [0, 0.05) is 13.5 Å². The fourth-order valence-corrected chi connectivity index (χ4v) is 4.62. The number of carbonyl (C=O) groups is 2. The van der Waals surface area contributed by atoms with Crippen molar-refractivity contribution in [3.05, 3.63) is 42.0 Å². The van der Waals surface area contributed by atoms with Gasteiger partial charge in [-0.2, -0.15) is 0 Å². The minimum atomic E-state index is -4.46. The molecule has 9 heteroatoms. The maximum Gasteiger partial charge on any atom is 0.411 e. The van der Waals surface area contributed by atoms with Crippen molar-refractivity contribution in [3.8, 4) is 0 Å². The molecule has 0 saturated carbocycles. The summed E-state index contributed by atoms with van der Waals surface area (Å²) < 4.78 is 37.9. The molecule has 0 fully saturated rings. The van der Waals surface area contributed by atoms with Gasteiger partial charge in [-0.25, -0.2) is 18.0 Å². The van der Waals surface area contributed by atoms with Crippen molar-refractivity contribution in [2.45, 2.75) is 56.4 Å². The molecule has 0 aliphatic rings. The molecule has 0 saturated heterocycles. The Balaban J connectivity index is 3.76. The van der Waals surface area contributed by atoms with Crippen LogP contribution in [0.2, 0.25) is 0 Å². The summed E-state index contributed by atoms with van der Waals surface area (Å²) in [5, 5.41) is 9.10. The van der Waals surface area contributed by atoms with Gasteiger partial charge in [-0.3, -0.25) is 4.90 Å². The molecule has 1 aromatic carbocycles. The Labute approximate surface area is 178 Å². The Morgan fingerprint density at radius 2 is 1.70 bits per heavy atom. The van der Waals surface area contributed by atoms with E-state index in [0.717, 1.165) is 10.5 Å². The van der Waals surface area contributed by atoms with E-state index in [-0.39, 0.29) is 18.1 Å². The zero-order valence-electron chi connectivity index (χ0n) is 18.3. The summed E-state index contributed by atoms with van der Waals surface area (Å²) in [5.74, 6) is -1.11. The number of aryl methyl sites for hydroxylation is 1. The van der Waals surface area contributed by atoms with Gasteiger partial charge < -0.3 is 14.6 Å². The van der Waals surface area contributed by atoms with Crippen LogP contribution in [0.3, 0.4) is 0 Å². The molecule has 168 valence electrons. The molecule has 1 rings (SSSR count). The van der Waals surface area contributed by atoms with Crippen LogP contribution in [-0.2, 0) is 24.1 Å². The number of amides is 1.